The van der Waals surface area contributed by atoms with Gasteiger partial charge in [0.1, 0.15) is 35.0 Å². The second-order valence-electron chi connectivity index (χ2n) is 12.6. The molecule has 50 heavy (non-hydrogen) atoms. The normalized spacial score (nSPS) is 17.9. The fourth-order valence-corrected chi connectivity index (χ4v) is 7.56. The first-order chi connectivity index (χ1) is 24.2. The Kier molecular flexibility index (Phi) is 8.08. The Hall–Kier alpha value is -5.53. The van der Waals surface area contributed by atoms with Crippen LogP contribution in [0.1, 0.15) is 33.6 Å². The Bertz CT molecular complexity index is 2300. The van der Waals surface area contributed by atoms with Crippen LogP contribution in [0, 0.1) is 11.6 Å². The first-order valence-electron chi connectivity index (χ1n) is 16.2. The summed E-state index contributed by atoms with van der Waals surface area (Å²) in [4.78, 5) is 34.5. The molecule has 3 aliphatic rings. The standard InChI is InChI=1S/C19H15FN4OS.C18H16FN3O2/c20-12-5-3-11(4-6-12)9-23-16-10-24-15(18(25)22-19(24)26)8-14(16)13-2-1-7-21-17(13)23;19-12-5-3-11(4-6-12)10-22-16-9-21-15(18(23)24)8-14(16)13-2-1-7-20-17(13)22/h1-7,15H,8-10H2,(H,22,25,26);1-7,15,21H,8-10H2,(H,23,24)/t;15-/m.0/s1. The average Bonchev–Trinajstić information content (AvgIpc) is 3.72. The zero-order valence-corrected chi connectivity index (χ0v) is 27.5. The number of amides is 1. The maximum atomic E-state index is 13.2. The lowest BCUT2D eigenvalue weighted by molar-refractivity contribution is -0.139. The first kappa shape index (κ1) is 31.7. The van der Waals surface area contributed by atoms with Crippen LogP contribution >= 0.6 is 12.2 Å². The molecule has 9 rings (SSSR count). The van der Waals surface area contributed by atoms with Crippen molar-refractivity contribution < 1.29 is 23.5 Å². The van der Waals surface area contributed by atoms with Gasteiger partial charge < -0.3 is 24.5 Å². The summed E-state index contributed by atoms with van der Waals surface area (Å²) in [6.45, 7) is 2.21. The van der Waals surface area contributed by atoms with E-state index in [2.05, 4.69) is 29.7 Å². The molecule has 2 atom stereocenters. The highest BCUT2D eigenvalue weighted by atomic mass is 32.1. The fraction of sp³-hybridized carbons (Fsp3) is 0.216. The van der Waals surface area contributed by atoms with Gasteiger partial charge in [0.25, 0.3) is 0 Å². The molecular weight excluding hydrogens is 661 g/mol. The maximum absolute atomic E-state index is 13.2. The molecular formula is C37H31F2N7O3S. The zero-order chi connectivity index (χ0) is 34.5. The van der Waals surface area contributed by atoms with Crippen LogP contribution in [0.15, 0.2) is 85.2 Å². The number of aliphatic carboxylic acids is 1. The lowest BCUT2D eigenvalue weighted by Crippen LogP contribution is -2.42. The van der Waals surface area contributed by atoms with Crippen LogP contribution in [-0.2, 0) is 48.6 Å². The lowest BCUT2D eigenvalue weighted by atomic mass is 9.98. The number of pyridine rings is 2. The van der Waals surface area contributed by atoms with Crippen molar-refractivity contribution in [1.82, 2.24) is 34.6 Å². The average molecular weight is 692 g/mol. The molecule has 7 heterocycles. The van der Waals surface area contributed by atoms with Gasteiger partial charge in [-0.2, -0.15) is 0 Å². The van der Waals surface area contributed by atoms with E-state index in [1.165, 1.54) is 24.3 Å². The molecule has 13 heteroatoms. The molecule has 6 aromatic rings. The molecule has 2 aromatic carbocycles. The van der Waals surface area contributed by atoms with Crippen LogP contribution in [0.2, 0.25) is 0 Å². The second-order valence-corrected chi connectivity index (χ2v) is 13.0. The van der Waals surface area contributed by atoms with E-state index in [9.17, 15) is 23.5 Å². The third kappa shape index (κ3) is 5.67. The molecule has 0 aliphatic carbocycles. The van der Waals surface area contributed by atoms with Gasteiger partial charge in [-0.25, -0.2) is 18.7 Å². The number of carboxylic acid groups (broad SMARTS) is 1. The van der Waals surface area contributed by atoms with Crippen LogP contribution in [0.5, 0.6) is 0 Å². The second kappa shape index (κ2) is 12.7. The summed E-state index contributed by atoms with van der Waals surface area (Å²) < 4.78 is 30.6. The molecule has 252 valence electrons. The summed E-state index contributed by atoms with van der Waals surface area (Å²) in [5.74, 6) is -1.39. The number of halogens is 2. The Morgan fingerprint density at radius 3 is 1.92 bits per heavy atom. The van der Waals surface area contributed by atoms with Crippen LogP contribution < -0.4 is 10.6 Å². The van der Waals surface area contributed by atoms with E-state index < -0.39 is 12.0 Å². The van der Waals surface area contributed by atoms with Crippen molar-refractivity contribution in [2.45, 2.75) is 51.1 Å². The third-order valence-electron chi connectivity index (χ3n) is 9.70. The topological polar surface area (TPSA) is 117 Å². The Balaban J connectivity index is 0.000000145. The van der Waals surface area contributed by atoms with E-state index in [1.807, 2.05) is 29.2 Å². The number of hydrogen-bond acceptors (Lipinski definition) is 6. The summed E-state index contributed by atoms with van der Waals surface area (Å²) in [6, 6.07) is 19.9. The number of carbonyl (C=O) groups is 2. The van der Waals surface area contributed by atoms with Gasteiger partial charge in [-0.3, -0.25) is 14.9 Å². The van der Waals surface area contributed by atoms with Crippen LogP contribution in [-0.4, -0.2) is 58.2 Å². The van der Waals surface area contributed by atoms with E-state index >= 15 is 0 Å². The molecule has 3 N–H and O–H groups in total. The molecule has 3 aliphatic heterocycles. The summed E-state index contributed by atoms with van der Waals surface area (Å²) in [7, 11) is 0. The summed E-state index contributed by atoms with van der Waals surface area (Å²) in [5.41, 5.74) is 8.03. The minimum absolute atomic E-state index is 0.0380. The minimum Gasteiger partial charge on any atom is -0.480 e. The zero-order valence-electron chi connectivity index (χ0n) is 26.6. The van der Waals surface area contributed by atoms with E-state index in [0.717, 1.165) is 55.7 Å². The van der Waals surface area contributed by atoms with Crippen molar-refractivity contribution in [2.24, 2.45) is 0 Å². The minimum atomic E-state index is -0.844. The van der Waals surface area contributed by atoms with Crippen LogP contribution in [0.25, 0.3) is 22.1 Å². The molecule has 4 aromatic heterocycles. The predicted octanol–water partition coefficient (Wildman–Crippen LogP) is 4.69. The van der Waals surface area contributed by atoms with Crippen LogP contribution in [0.4, 0.5) is 8.78 Å². The van der Waals surface area contributed by atoms with Gasteiger partial charge in [-0.1, -0.05) is 24.3 Å². The van der Waals surface area contributed by atoms with Crippen molar-refractivity contribution in [3.8, 4) is 0 Å². The molecule has 1 amide bonds. The van der Waals surface area contributed by atoms with Gasteiger partial charge in [-0.05, 0) is 83.0 Å². The monoisotopic (exact) mass is 691 g/mol. The lowest BCUT2D eigenvalue weighted by Gasteiger charge is -2.29. The van der Waals surface area contributed by atoms with Gasteiger partial charge in [0, 0.05) is 67.0 Å². The smallest absolute Gasteiger partial charge is 0.321 e. The molecule has 0 saturated carbocycles. The third-order valence-corrected chi connectivity index (χ3v) is 10.0. The van der Waals surface area contributed by atoms with E-state index in [4.69, 9.17) is 12.2 Å². The van der Waals surface area contributed by atoms with E-state index in [0.29, 0.717) is 44.1 Å². The molecule has 10 nitrogen and oxygen atoms in total. The SMILES string of the molecule is O=C(O)[C@@H]1Cc2c(n(Cc3ccc(F)cc3)c3ncccc23)CN1.O=C1NC(=S)N2Cc3c(c4cccnc4n3Cc3ccc(F)cc3)CC12. The van der Waals surface area contributed by atoms with Crippen molar-refractivity contribution in [2.75, 3.05) is 0 Å². The highest BCUT2D eigenvalue weighted by molar-refractivity contribution is 7.80. The number of rotatable bonds is 5. The number of aromatic nitrogens is 4. The van der Waals surface area contributed by atoms with Crippen molar-refractivity contribution in [1.29, 1.82) is 0 Å². The fourth-order valence-electron chi connectivity index (χ4n) is 7.27. The Labute approximate surface area is 290 Å². The molecule has 0 spiro atoms. The number of benzene rings is 2. The maximum Gasteiger partial charge on any atom is 0.321 e. The summed E-state index contributed by atoms with van der Waals surface area (Å²) in [6.07, 6.45) is 4.55. The largest absolute Gasteiger partial charge is 0.480 e. The number of nitrogens with one attached hydrogen (secondary N) is 2. The number of nitrogens with zero attached hydrogens (tertiary/aromatic N) is 5. The highest BCUT2D eigenvalue weighted by Crippen LogP contribution is 2.34. The number of fused-ring (bicyclic) bond motifs is 7. The van der Waals surface area contributed by atoms with Gasteiger partial charge in [-0.15, -0.1) is 0 Å². The van der Waals surface area contributed by atoms with Crippen molar-refractivity contribution in [3.05, 3.63) is 130 Å². The number of carbonyl (C=O) groups excluding carboxylic acids is 1. The number of carboxylic acids is 1. The summed E-state index contributed by atoms with van der Waals surface area (Å²) >= 11 is 5.32. The molecule has 1 fully saturated rings. The van der Waals surface area contributed by atoms with E-state index in [-0.39, 0.29) is 23.6 Å². The van der Waals surface area contributed by atoms with Gasteiger partial charge >= 0.3 is 5.97 Å². The highest BCUT2D eigenvalue weighted by Gasteiger charge is 2.41. The molecule has 1 unspecified atom stereocenters. The number of hydrogen-bond donors (Lipinski definition) is 3. The molecule has 0 radical (unpaired) electrons. The molecule has 1 saturated heterocycles. The van der Waals surface area contributed by atoms with Gasteiger partial charge in [0.2, 0.25) is 5.91 Å². The van der Waals surface area contributed by atoms with Gasteiger partial charge in [0.05, 0.1) is 6.54 Å². The quantitative estimate of drug-likeness (QED) is 0.223. The number of thiocarbonyl (C=S) groups is 1. The first-order valence-corrected chi connectivity index (χ1v) is 16.6. The predicted molar refractivity (Wildman–Crippen MR) is 186 cm³/mol. The molecule has 0 bridgehead atoms. The van der Waals surface area contributed by atoms with Crippen molar-refractivity contribution >= 4 is 51.3 Å². The van der Waals surface area contributed by atoms with Gasteiger partial charge in [0.15, 0.2) is 5.11 Å². The van der Waals surface area contributed by atoms with Crippen LogP contribution in [0.3, 0.4) is 0 Å². The van der Waals surface area contributed by atoms with E-state index in [1.54, 1.807) is 36.7 Å². The Morgan fingerprint density at radius 2 is 1.36 bits per heavy atom. The van der Waals surface area contributed by atoms with Crippen molar-refractivity contribution in [3.63, 3.8) is 0 Å². The summed E-state index contributed by atoms with van der Waals surface area (Å²) in [5, 5.41) is 17.6. The Morgan fingerprint density at radius 1 is 0.820 bits per heavy atom.